The summed E-state index contributed by atoms with van der Waals surface area (Å²) in [5.74, 6) is 0. The van der Waals surface area contributed by atoms with Crippen LogP contribution in [0.25, 0.3) is 0 Å². The molecule has 0 N–H and O–H groups in total. The molecule has 0 aromatic carbocycles. The van der Waals surface area contributed by atoms with E-state index in [9.17, 15) is 13.2 Å². The van der Waals surface area contributed by atoms with Crippen molar-refractivity contribution in [1.29, 1.82) is 0 Å². The fraction of sp³-hybridized carbons (Fsp3) is 1.00. The molecule has 0 amide bonds. The molecule has 1 aliphatic heterocycles. The first-order valence-electron chi connectivity index (χ1n) is 3.04. The van der Waals surface area contributed by atoms with Gasteiger partial charge in [-0.2, -0.15) is 13.2 Å². The average Bonchev–Trinajstić information content (AvgIpc) is 2.32. The minimum atomic E-state index is -4.11. The van der Waals surface area contributed by atoms with E-state index < -0.39 is 31.9 Å². The maximum atomic E-state index is 11.6. The largest absolute Gasteiger partial charge is 0.418 e. The average molecular weight is 204 g/mol. The fourth-order valence-corrected chi connectivity index (χ4v) is 3.85. The molecule has 1 saturated heterocycles. The van der Waals surface area contributed by atoms with Crippen LogP contribution < -0.4 is 0 Å². The van der Waals surface area contributed by atoms with Crippen molar-refractivity contribution in [2.24, 2.45) is 0 Å². The maximum absolute atomic E-state index is 11.6. The molecule has 0 radical (unpaired) electrons. The van der Waals surface area contributed by atoms with Crippen LogP contribution in [0.3, 0.4) is 0 Å². The Morgan fingerprint density at radius 1 is 1.36 bits per heavy atom. The Labute approximate surface area is 65.3 Å². The summed E-state index contributed by atoms with van der Waals surface area (Å²) in [6.45, 7) is 0. The van der Waals surface area contributed by atoms with Gasteiger partial charge >= 0.3 is 25.5 Å². The van der Waals surface area contributed by atoms with Crippen LogP contribution in [0.1, 0.15) is 6.42 Å². The number of hydrogen-bond donors (Lipinski definition) is 0. The molecule has 0 aromatic heterocycles. The summed E-state index contributed by atoms with van der Waals surface area (Å²) in [5, 5.41) is 0. The molecule has 1 unspecified atom stereocenters. The van der Waals surface area contributed by atoms with Gasteiger partial charge in [0.15, 0.2) is 0 Å². The fourth-order valence-electron chi connectivity index (χ4n) is 0.648. The molecular weight excluding hydrogens is 197 g/mol. The summed E-state index contributed by atoms with van der Waals surface area (Å²) in [6, 6.07) is -0.0451. The van der Waals surface area contributed by atoms with Gasteiger partial charge in [0.1, 0.15) is 0 Å². The minimum Gasteiger partial charge on any atom is -0.418 e. The molecule has 1 atom stereocenters. The lowest BCUT2D eigenvalue weighted by molar-refractivity contribution is -0.134. The minimum absolute atomic E-state index is 0.0451. The van der Waals surface area contributed by atoms with Gasteiger partial charge in [0.25, 0.3) is 0 Å². The van der Waals surface area contributed by atoms with Crippen molar-refractivity contribution in [1.82, 2.24) is 0 Å². The Kier molecular flexibility index (Phi) is 3.07. The third-order valence-electron chi connectivity index (χ3n) is 1.14. The van der Waals surface area contributed by atoms with Gasteiger partial charge in [-0.25, -0.2) is 0 Å². The molecule has 0 bridgehead atoms. The van der Waals surface area contributed by atoms with Crippen LogP contribution >= 0.6 is 0 Å². The lowest BCUT2D eigenvalue weighted by Gasteiger charge is -2.06. The van der Waals surface area contributed by atoms with Crippen molar-refractivity contribution in [3.8, 4) is 0 Å². The van der Waals surface area contributed by atoms with Gasteiger partial charge in [0.2, 0.25) is 0 Å². The standard InChI is InChI=1S/C3H7F3O3Si2/c4-3(5,6)1-2-11-8-7-10-9-11/h11H,1-2,10H2. The number of alkyl halides is 3. The van der Waals surface area contributed by atoms with E-state index in [0.29, 0.717) is 0 Å². The second-order valence-corrected chi connectivity index (χ2v) is 5.52. The topological polar surface area (TPSA) is 27.7 Å². The van der Waals surface area contributed by atoms with Crippen LogP contribution in [-0.4, -0.2) is 25.5 Å². The number of hydrogen-bond acceptors (Lipinski definition) is 3. The van der Waals surface area contributed by atoms with E-state index in [-0.39, 0.29) is 6.04 Å². The van der Waals surface area contributed by atoms with Crippen LogP contribution in [0.5, 0.6) is 0 Å². The quantitative estimate of drug-likeness (QED) is 0.473. The highest BCUT2D eigenvalue weighted by Crippen LogP contribution is 2.23. The molecule has 0 aromatic rings. The van der Waals surface area contributed by atoms with E-state index >= 15 is 0 Å². The van der Waals surface area contributed by atoms with E-state index in [1.54, 1.807) is 0 Å². The predicted molar refractivity (Wildman–Crippen MR) is 34.4 cm³/mol. The van der Waals surface area contributed by atoms with Gasteiger partial charge < -0.3 is 4.12 Å². The second kappa shape index (κ2) is 3.67. The van der Waals surface area contributed by atoms with Gasteiger partial charge in [-0.3, -0.25) is 9.15 Å². The second-order valence-electron chi connectivity index (χ2n) is 2.08. The predicted octanol–water partition coefficient (Wildman–Crippen LogP) is 0.136. The first-order chi connectivity index (χ1) is 5.08. The van der Waals surface area contributed by atoms with Crippen molar-refractivity contribution in [3.05, 3.63) is 0 Å². The van der Waals surface area contributed by atoms with Crippen molar-refractivity contribution >= 4 is 19.3 Å². The SMILES string of the molecule is FC(F)(F)CC[SiH]1OO[SiH2]O1. The normalized spacial score (nSPS) is 28.1. The zero-order chi connectivity index (χ0) is 8.32. The van der Waals surface area contributed by atoms with Crippen LogP contribution in [0.15, 0.2) is 0 Å². The molecule has 0 saturated carbocycles. The van der Waals surface area contributed by atoms with E-state index in [1.807, 2.05) is 0 Å². The Balaban J connectivity index is 2.11. The summed E-state index contributed by atoms with van der Waals surface area (Å²) >= 11 is 0. The Morgan fingerprint density at radius 3 is 2.55 bits per heavy atom. The lowest BCUT2D eigenvalue weighted by Crippen LogP contribution is -2.18. The van der Waals surface area contributed by atoms with Crippen LogP contribution in [0.2, 0.25) is 6.04 Å². The van der Waals surface area contributed by atoms with Gasteiger partial charge in [0.05, 0.1) is 0 Å². The molecule has 1 rings (SSSR count). The van der Waals surface area contributed by atoms with Crippen molar-refractivity contribution in [3.63, 3.8) is 0 Å². The first kappa shape index (κ1) is 9.19. The number of rotatable bonds is 2. The summed E-state index contributed by atoms with van der Waals surface area (Å²) in [6.07, 6.45) is -4.94. The third-order valence-corrected chi connectivity index (χ3v) is 4.79. The molecule has 1 heterocycles. The van der Waals surface area contributed by atoms with E-state index in [4.69, 9.17) is 4.12 Å². The van der Waals surface area contributed by atoms with E-state index in [1.165, 1.54) is 0 Å². The van der Waals surface area contributed by atoms with Crippen LogP contribution in [0.4, 0.5) is 13.2 Å². The molecule has 1 aliphatic rings. The Bertz CT molecular complexity index is 123. The highest BCUT2D eigenvalue weighted by atomic mass is 28.4. The third kappa shape index (κ3) is 3.86. The zero-order valence-electron chi connectivity index (χ0n) is 5.56. The van der Waals surface area contributed by atoms with Crippen molar-refractivity contribution in [2.45, 2.75) is 18.6 Å². The van der Waals surface area contributed by atoms with E-state index in [0.717, 1.165) is 0 Å². The molecule has 0 aliphatic carbocycles. The molecule has 3 nitrogen and oxygen atoms in total. The highest BCUT2D eigenvalue weighted by molar-refractivity contribution is 6.53. The molecule has 0 spiro atoms. The smallest absolute Gasteiger partial charge is 0.389 e. The highest BCUT2D eigenvalue weighted by Gasteiger charge is 2.31. The van der Waals surface area contributed by atoms with Gasteiger partial charge in [-0.15, -0.1) is 0 Å². The van der Waals surface area contributed by atoms with Crippen molar-refractivity contribution < 1.29 is 26.4 Å². The van der Waals surface area contributed by atoms with Crippen molar-refractivity contribution in [2.75, 3.05) is 0 Å². The summed E-state index contributed by atoms with van der Waals surface area (Å²) in [4.78, 5) is 0. The molecule has 11 heavy (non-hydrogen) atoms. The molecular formula is C3H7F3O3Si2. The monoisotopic (exact) mass is 204 g/mol. The number of halogens is 3. The molecule has 66 valence electrons. The first-order valence-corrected chi connectivity index (χ1v) is 5.96. The Morgan fingerprint density at radius 2 is 2.09 bits per heavy atom. The summed E-state index contributed by atoms with van der Waals surface area (Å²) < 4.78 is 48.6. The van der Waals surface area contributed by atoms with Crippen LogP contribution in [0, 0.1) is 0 Å². The van der Waals surface area contributed by atoms with E-state index in [2.05, 4.69) is 9.15 Å². The van der Waals surface area contributed by atoms with Gasteiger partial charge in [-0.1, -0.05) is 0 Å². The maximum Gasteiger partial charge on any atom is 0.389 e. The summed E-state index contributed by atoms with van der Waals surface area (Å²) in [7, 11) is -3.16. The Hall–Kier alpha value is 0.104. The zero-order valence-corrected chi connectivity index (χ0v) is 8.13. The molecule has 1 fully saturated rings. The van der Waals surface area contributed by atoms with Crippen LogP contribution in [-0.2, 0) is 13.3 Å². The molecule has 8 heteroatoms. The van der Waals surface area contributed by atoms with Gasteiger partial charge in [-0.05, 0) is 6.04 Å². The summed E-state index contributed by atoms with van der Waals surface area (Å²) in [5.41, 5.74) is 0. The van der Waals surface area contributed by atoms with Gasteiger partial charge in [0, 0.05) is 6.42 Å². The lowest BCUT2D eigenvalue weighted by atomic mass is 10.5.